The summed E-state index contributed by atoms with van der Waals surface area (Å²) in [6, 6.07) is 16.8. The molecule has 1 N–H and O–H groups in total. The molecule has 0 spiro atoms. The van der Waals surface area contributed by atoms with Crippen LogP contribution in [0.4, 0.5) is 0 Å². The standard InChI is InChI=1S/C28H26ClNO3/c1-28(2)12-20(17-5-3-4-6-23(17)29)18-9-15(7-8-22(18)28)14-33-24-11-16-10-19-25(21(16)13-30-24)26(19)27(31)32/h3-9,11,13,19-20,25-26H,10,12,14H2,1-2H3,(H,31,32)/t19-,20?,25-,26+/m1/s1. The van der Waals surface area contributed by atoms with Gasteiger partial charge in [-0.15, -0.1) is 0 Å². The quantitative estimate of drug-likeness (QED) is 0.501. The fourth-order valence-electron chi connectivity index (χ4n) is 6.21. The Kier molecular flexibility index (Phi) is 4.60. The largest absolute Gasteiger partial charge is 0.481 e. The van der Waals surface area contributed by atoms with Crippen molar-refractivity contribution in [2.45, 2.75) is 50.5 Å². The number of benzene rings is 2. The van der Waals surface area contributed by atoms with Crippen LogP contribution in [0, 0.1) is 11.8 Å². The van der Waals surface area contributed by atoms with Crippen molar-refractivity contribution in [3.05, 3.63) is 93.1 Å². The summed E-state index contributed by atoms with van der Waals surface area (Å²) in [6.45, 7) is 5.04. The summed E-state index contributed by atoms with van der Waals surface area (Å²) in [5.41, 5.74) is 7.36. The second kappa shape index (κ2) is 7.33. The number of hydrogen-bond donors (Lipinski definition) is 1. The van der Waals surface area contributed by atoms with Crippen molar-refractivity contribution in [2.24, 2.45) is 11.8 Å². The number of carbonyl (C=O) groups is 1. The Balaban J connectivity index is 1.22. The fraction of sp³-hybridized carbons (Fsp3) is 0.357. The predicted octanol–water partition coefficient (Wildman–Crippen LogP) is 6.10. The number of halogens is 1. The number of nitrogens with zero attached hydrogens (tertiary/aromatic N) is 1. The number of hydrogen-bond acceptors (Lipinski definition) is 3. The Morgan fingerprint density at radius 2 is 1.97 bits per heavy atom. The van der Waals surface area contributed by atoms with E-state index in [1.54, 1.807) is 0 Å². The molecule has 0 saturated heterocycles. The average Bonchev–Trinajstić information content (AvgIpc) is 3.28. The molecular formula is C28H26ClNO3. The van der Waals surface area contributed by atoms with Crippen LogP contribution in [0.15, 0.2) is 54.7 Å². The topological polar surface area (TPSA) is 59.4 Å². The third-order valence-electron chi connectivity index (χ3n) is 7.87. The monoisotopic (exact) mass is 459 g/mol. The van der Waals surface area contributed by atoms with Crippen LogP contribution in [0.5, 0.6) is 5.88 Å². The highest BCUT2D eigenvalue weighted by Crippen LogP contribution is 2.61. The van der Waals surface area contributed by atoms with Gasteiger partial charge in [0.15, 0.2) is 0 Å². The summed E-state index contributed by atoms with van der Waals surface area (Å²) in [7, 11) is 0. The maximum Gasteiger partial charge on any atom is 0.307 e. The summed E-state index contributed by atoms with van der Waals surface area (Å²) >= 11 is 6.57. The SMILES string of the molecule is CC1(C)CC(c2ccccc2Cl)c2cc(COc3cc4c(cn3)[C@H]3[C@@H](C4)[C@@H]3C(=O)O)ccc21. The number of carboxylic acids is 1. The van der Waals surface area contributed by atoms with Crippen LogP contribution in [0.25, 0.3) is 0 Å². The van der Waals surface area contributed by atoms with E-state index in [4.69, 9.17) is 16.3 Å². The summed E-state index contributed by atoms with van der Waals surface area (Å²) in [5.74, 6) is 0.331. The van der Waals surface area contributed by atoms with Gasteiger partial charge >= 0.3 is 5.97 Å². The molecule has 3 aliphatic rings. The molecule has 6 rings (SSSR count). The Labute approximate surface area is 198 Å². The van der Waals surface area contributed by atoms with Gasteiger partial charge in [-0.3, -0.25) is 4.79 Å². The van der Waals surface area contributed by atoms with Gasteiger partial charge in [-0.1, -0.05) is 61.8 Å². The second-order valence-corrected chi connectivity index (χ2v) is 10.8. The highest BCUT2D eigenvalue weighted by atomic mass is 35.5. The lowest BCUT2D eigenvalue weighted by atomic mass is 9.85. The van der Waals surface area contributed by atoms with Crippen molar-refractivity contribution < 1.29 is 14.6 Å². The molecule has 1 saturated carbocycles. The Hall–Kier alpha value is -2.85. The average molecular weight is 460 g/mol. The van der Waals surface area contributed by atoms with Gasteiger partial charge in [0.25, 0.3) is 0 Å². The Morgan fingerprint density at radius 1 is 1.15 bits per heavy atom. The summed E-state index contributed by atoms with van der Waals surface area (Å²) < 4.78 is 6.06. The van der Waals surface area contributed by atoms with Crippen LogP contribution in [0.2, 0.25) is 5.02 Å². The van der Waals surface area contributed by atoms with Crippen LogP contribution >= 0.6 is 11.6 Å². The number of carboxylic acid groups (broad SMARTS) is 1. The fourth-order valence-corrected chi connectivity index (χ4v) is 6.48. The van der Waals surface area contributed by atoms with Gasteiger partial charge in [0.1, 0.15) is 6.61 Å². The first-order valence-corrected chi connectivity index (χ1v) is 11.9. The van der Waals surface area contributed by atoms with Crippen molar-refractivity contribution >= 4 is 17.6 Å². The first-order chi connectivity index (χ1) is 15.8. The maximum absolute atomic E-state index is 11.3. The first kappa shape index (κ1) is 20.7. The van der Waals surface area contributed by atoms with Gasteiger partial charge in [-0.2, -0.15) is 0 Å². The molecule has 0 bridgehead atoms. The minimum absolute atomic E-state index is 0.0920. The molecule has 3 aliphatic carbocycles. The molecule has 1 fully saturated rings. The van der Waals surface area contributed by atoms with Gasteiger partial charge in [-0.05, 0) is 63.6 Å². The van der Waals surface area contributed by atoms with E-state index in [9.17, 15) is 9.90 Å². The zero-order chi connectivity index (χ0) is 22.9. The van der Waals surface area contributed by atoms with Crippen molar-refractivity contribution in [3.63, 3.8) is 0 Å². The van der Waals surface area contributed by atoms with Crippen LogP contribution in [0.1, 0.15) is 65.5 Å². The van der Waals surface area contributed by atoms with Crippen LogP contribution in [-0.4, -0.2) is 16.1 Å². The number of aliphatic carboxylic acids is 1. The summed E-state index contributed by atoms with van der Waals surface area (Å²) in [6.07, 6.45) is 3.66. The molecule has 0 amide bonds. The predicted molar refractivity (Wildman–Crippen MR) is 127 cm³/mol. The van der Waals surface area contributed by atoms with E-state index >= 15 is 0 Å². The molecule has 4 nitrogen and oxygen atoms in total. The summed E-state index contributed by atoms with van der Waals surface area (Å²) in [5, 5.41) is 10.1. The van der Waals surface area contributed by atoms with E-state index < -0.39 is 5.97 Å². The molecule has 3 aromatic rings. The van der Waals surface area contributed by atoms with Gasteiger partial charge in [-0.25, -0.2) is 4.98 Å². The third kappa shape index (κ3) is 3.34. The highest BCUT2D eigenvalue weighted by Gasteiger charge is 2.59. The molecule has 33 heavy (non-hydrogen) atoms. The zero-order valence-electron chi connectivity index (χ0n) is 18.7. The van der Waals surface area contributed by atoms with Crippen molar-refractivity contribution in [2.75, 3.05) is 0 Å². The molecule has 4 atom stereocenters. The molecule has 2 aromatic carbocycles. The van der Waals surface area contributed by atoms with Crippen molar-refractivity contribution in [1.82, 2.24) is 4.98 Å². The third-order valence-corrected chi connectivity index (χ3v) is 8.21. The number of fused-ring (bicyclic) bond motifs is 4. The van der Waals surface area contributed by atoms with E-state index in [2.05, 4.69) is 49.2 Å². The molecule has 1 aromatic heterocycles. The summed E-state index contributed by atoms with van der Waals surface area (Å²) in [4.78, 5) is 15.8. The van der Waals surface area contributed by atoms with Crippen molar-refractivity contribution in [1.29, 1.82) is 0 Å². The lowest BCUT2D eigenvalue weighted by Gasteiger charge is -2.19. The minimum Gasteiger partial charge on any atom is -0.481 e. The first-order valence-electron chi connectivity index (χ1n) is 11.6. The molecule has 168 valence electrons. The van der Waals surface area contributed by atoms with Gasteiger partial charge in [0, 0.05) is 29.1 Å². The smallest absolute Gasteiger partial charge is 0.307 e. The lowest BCUT2D eigenvalue weighted by molar-refractivity contribution is -0.139. The Morgan fingerprint density at radius 3 is 2.76 bits per heavy atom. The molecular weight excluding hydrogens is 434 g/mol. The van der Waals surface area contributed by atoms with E-state index in [0.29, 0.717) is 12.5 Å². The molecule has 0 aliphatic heterocycles. The number of aromatic nitrogens is 1. The number of ether oxygens (including phenoxy) is 1. The lowest BCUT2D eigenvalue weighted by Crippen LogP contribution is -2.12. The molecule has 5 heteroatoms. The van der Waals surface area contributed by atoms with E-state index in [-0.39, 0.29) is 29.1 Å². The van der Waals surface area contributed by atoms with E-state index in [1.807, 2.05) is 24.4 Å². The van der Waals surface area contributed by atoms with E-state index in [1.165, 1.54) is 22.3 Å². The highest BCUT2D eigenvalue weighted by molar-refractivity contribution is 6.31. The minimum atomic E-state index is -0.689. The van der Waals surface area contributed by atoms with E-state index in [0.717, 1.165) is 29.0 Å². The second-order valence-electron chi connectivity index (χ2n) is 10.4. The van der Waals surface area contributed by atoms with Gasteiger partial charge in [0.2, 0.25) is 5.88 Å². The van der Waals surface area contributed by atoms with Crippen LogP contribution < -0.4 is 4.74 Å². The molecule has 1 heterocycles. The molecule has 1 unspecified atom stereocenters. The molecule has 0 radical (unpaired) electrons. The zero-order valence-corrected chi connectivity index (χ0v) is 19.5. The van der Waals surface area contributed by atoms with Gasteiger partial charge < -0.3 is 9.84 Å². The van der Waals surface area contributed by atoms with Crippen LogP contribution in [0.3, 0.4) is 0 Å². The number of pyridine rings is 1. The Bertz CT molecular complexity index is 1280. The normalized spacial score (nSPS) is 25.8. The van der Waals surface area contributed by atoms with Crippen molar-refractivity contribution in [3.8, 4) is 5.88 Å². The van der Waals surface area contributed by atoms with Crippen LogP contribution in [-0.2, 0) is 23.2 Å². The van der Waals surface area contributed by atoms with Gasteiger partial charge in [0.05, 0.1) is 5.92 Å². The number of rotatable bonds is 5. The maximum atomic E-state index is 11.3.